The molecule has 0 amide bonds. The summed E-state index contributed by atoms with van der Waals surface area (Å²) in [6, 6.07) is 10.3. The SMILES string of the molecule is CCCCN1C=CN(c2ccccc2)N1.I.I. The molecule has 0 saturated carbocycles. The van der Waals surface area contributed by atoms with Gasteiger partial charge in [-0.3, -0.25) is 10.0 Å². The van der Waals surface area contributed by atoms with Crippen molar-refractivity contribution >= 4 is 53.6 Å². The summed E-state index contributed by atoms with van der Waals surface area (Å²) >= 11 is 0. The van der Waals surface area contributed by atoms with Gasteiger partial charge in [-0.25, -0.2) is 0 Å². The van der Waals surface area contributed by atoms with Gasteiger partial charge in [0, 0.05) is 18.9 Å². The quantitative estimate of drug-likeness (QED) is 0.693. The number of para-hydroxylation sites is 1. The first kappa shape index (κ1) is 17.0. The van der Waals surface area contributed by atoms with Crippen LogP contribution in [0.1, 0.15) is 19.8 Å². The van der Waals surface area contributed by atoms with Crippen molar-refractivity contribution in [3.63, 3.8) is 0 Å². The van der Waals surface area contributed by atoms with E-state index in [4.69, 9.17) is 0 Å². The molecule has 1 aliphatic rings. The highest BCUT2D eigenvalue weighted by molar-refractivity contribution is 14.0. The molecule has 1 aromatic carbocycles. The minimum atomic E-state index is 0. The molecule has 2 rings (SSSR count). The Morgan fingerprint density at radius 3 is 2.41 bits per heavy atom. The molecule has 0 unspecified atom stereocenters. The number of unbranched alkanes of at least 4 members (excludes halogenated alkanes) is 1. The Morgan fingerprint density at radius 2 is 1.76 bits per heavy atom. The lowest BCUT2D eigenvalue weighted by Crippen LogP contribution is -2.39. The zero-order valence-corrected chi connectivity index (χ0v) is 14.5. The third-order valence-electron chi connectivity index (χ3n) is 2.42. The van der Waals surface area contributed by atoms with Crippen LogP contribution in [-0.4, -0.2) is 11.6 Å². The lowest BCUT2D eigenvalue weighted by Gasteiger charge is -2.22. The van der Waals surface area contributed by atoms with Crippen molar-refractivity contribution < 1.29 is 0 Å². The van der Waals surface area contributed by atoms with Gasteiger partial charge in [0.25, 0.3) is 0 Å². The van der Waals surface area contributed by atoms with Crippen molar-refractivity contribution in [1.29, 1.82) is 0 Å². The van der Waals surface area contributed by atoms with Crippen LogP contribution in [-0.2, 0) is 0 Å². The molecule has 0 fully saturated rings. The summed E-state index contributed by atoms with van der Waals surface area (Å²) < 4.78 is 0. The zero-order valence-electron chi connectivity index (χ0n) is 9.87. The molecule has 0 bridgehead atoms. The maximum atomic E-state index is 3.30. The molecule has 1 heterocycles. The fourth-order valence-electron chi connectivity index (χ4n) is 1.54. The van der Waals surface area contributed by atoms with Gasteiger partial charge in [0.2, 0.25) is 0 Å². The highest BCUT2D eigenvalue weighted by atomic mass is 127. The smallest absolute Gasteiger partial charge is 0.0589 e. The monoisotopic (exact) mass is 459 g/mol. The van der Waals surface area contributed by atoms with E-state index in [0.717, 1.165) is 12.2 Å². The largest absolute Gasteiger partial charge is 0.296 e. The molecule has 0 aliphatic carbocycles. The molecule has 5 heteroatoms. The molecule has 0 aromatic heterocycles. The summed E-state index contributed by atoms with van der Waals surface area (Å²) in [5, 5.41) is 4.13. The summed E-state index contributed by atoms with van der Waals surface area (Å²) in [4.78, 5) is 0. The third-order valence-corrected chi connectivity index (χ3v) is 2.42. The highest BCUT2D eigenvalue weighted by Gasteiger charge is 2.11. The van der Waals surface area contributed by atoms with Crippen LogP contribution >= 0.6 is 48.0 Å². The molecule has 1 N–H and O–H groups in total. The number of anilines is 1. The first-order chi connectivity index (χ1) is 7.40. The van der Waals surface area contributed by atoms with Crippen LogP contribution in [0.15, 0.2) is 42.7 Å². The second-order valence-corrected chi connectivity index (χ2v) is 3.65. The summed E-state index contributed by atoms with van der Waals surface area (Å²) in [6.07, 6.45) is 6.55. The topological polar surface area (TPSA) is 18.5 Å². The number of nitrogens with zero attached hydrogens (tertiary/aromatic N) is 2. The first-order valence-electron chi connectivity index (χ1n) is 5.45. The van der Waals surface area contributed by atoms with Gasteiger partial charge < -0.3 is 0 Å². The van der Waals surface area contributed by atoms with E-state index in [1.807, 2.05) is 29.4 Å². The Kier molecular flexibility index (Phi) is 8.97. The number of benzene rings is 1. The summed E-state index contributed by atoms with van der Waals surface area (Å²) in [6.45, 7) is 3.26. The molecule has 0 atom stereocenters. The summed E-state index contributed by atoms with van der Waals surface area (Å²) in [5.41, 5.74) is 4.46. The molecule has 96 valence electrons. The fourth-order valence-corrected chi connectivity index (χ4v) is 1.54. The lowest BCUT2D eigenvalue weighted by molar-refractivity contribution is 0.290. The molecule has 0 spiro atoms. The van der Waals surface area contributed by atoms with Gasteiger partial charge in [0.1, 0.15) is 0 Å². The fraction of sp³-hybridized carbons (Fsp3) is 0.333. The van der Waals surface area contributed by atoms with Crippen LogP contribution in [0.25, 0.3) is 0 Å². The van der Waals surface area contributed by atoms with E-state index in [-0.39, 0.29) is 48.0 Å². The van der Waals surface area contributed by atoms with Crippen molar-refractivity contribution in [2.45, 2.75) is 19.8 Å². The van der Waals surface area contributed by atoms with Gasteiger partial charge in [0.15, 0.2) is 0 Å². The normalized spacial score (nSPS) is 13.2. The van der Waals surface area contributed by atoms with Gasteiger partial charge in [0.05, 0.1) is 5.69 Å². The van der Waals surface area contributed by atoms with Crippen LogP contribution in [0.3, 0.4) is 0 Å². The highest BCUT2D eigenvalue weighted by Crippen LogP contribution is 2.15. The average molecular weight is 459 g/mol. The molecule has 0 radical (unpaired) electrons. The van der Waals surface area contributed by atoms with Crippen molar-refractivity contribution in [2.75, 3.05) is 11.6 Å². The summed E-state index contributed by atoms with van der Waals surface area (Å²) in [5.74, 6) is 0. The van der Waals surface area contributed by atoms with E-state index >= 15 is 0 Å². The Morgan fingerprint density at radius 1 is 1.06 bits per heavy atom. The standard InChI is InChI=1S/C12H17N3.2HI/c1-2-3-9-14-10-11-15(13-14)12-7-5-4-6-8-12;;/h4-8,10-11,13H,2-3,9H2,1H3;2*1H. The van der Waals surface area contributed by atoms with Crippen molar-refractivity contribution in [3.8, 4) is 0 Å². The van der Waals surface area contributed by atoms with Crippen LogP contribution < -0.4 is 10.5 Å². The molecule has 1 aromatic rings. The van der Waals surface area contributed by atoms with Gasteiger partial charge in [-0.2, -0.15) is 0 Å². The van der Waals surface area contributed by atoms with Crippen LogP contribution in [0.5, 0.6) is 0 Å². The number of hydrogen-bond donors (Lipinski definition) is 1. The Balaban J connectivity index is 0.00000128. The predicted octanol–water partition coefficient (Wildman–Crippen LogP) is 3.74. The van der Waals surface area contributed by atoms with E-state index in [1.54, 1.807) is 0 Å². The van der Waals surface area contributed by atoms with Crippen LogP contribution in [0, 0.1) is 0 Å². The minimum absolute atomic E-state index is 0. The molecule has 3 nitrogen and oxygen atoms in total. The van der Waals surface area contributed by atoms with Crippen molar-refractivity contribution in [3.05, 3.63) is 42.7 Å². The molecule has 17 heavy (non-hydrogen) atoms. The van der Waals surface area contributed by atoms with E-state index in [0.29, 0.717) is 0 Å². The van der Waals surface area contributed by atoms with Crippen molar-refractivity contribution in [1.82, 2.24) is 10.5 Å². The summed E-state index contributed by atoms with van der Waals surface area (Å²) in [7, 11) is 0. The van der Waals surface area contributed by atoms with Gasteiger partial charge >= 0.3 is 0 Å². The maximum absolute atomic E-state index is 3.30. The Bertz CT molecular complexity index is 330. The van der Waals surface area contributed by atoms with Gasteiger partial charge in [-0.15, -0.1) is 53.5 Å². The van der Waals surface area contributed by atoms with E-state index < -0.39 is 0 Å². The van der Waals surface area contributed by atoms with E-state index in [2.05, 4.69) is 35.8 Å². The first-order valence-corrected chi connectivity index (χ1v) is 5.45. The van der Waals surface area contributed by atoms with E-state index in [9.17, 15) is 0 Å². The second kappa shape index (κ2) is 8.98. The number of nitrogens with one attached hydrogen (secondary N) is 1. The Hall–Kier alpha value is -0.0200. The predicted molar refractivity (Wildman–Crippen MR) is 93.6 cm³/mol. The molecular weight excluding hydrogens is 440 g/mol. The molecular formula is C12H19I2N3. The maximum Gasteiger partial charge on any atom is 0.0589 e. The average Bonchev–Trinajstić information content (AvgIpc) is 2.76. The third kappa shape index (κ3) is 5.01. The number of rotatable bonds is 4. The van der Waals surface area contributed by atoms with Gasteiger partial charge in [-0.1, -0.05) is 31.5 Å². The van der Waals surface area contributed by atoms with Gasteiger partial charge in [-0.05, 0) is 18.6 Å². The second-order valence-electron chi connectivity index (χ2n) is 3.65. The van der Waals surface area contributed by atoms with E-state index in [1.165, 1.54) is 12.8 Å². The zero-order chi connectivity index (χ0) is 10.5. The molecule has 1 aliphatic heterocycles. The van der Waals surface area contributed by atoms with Crippen LogP contribution in [0.2, 0.25) is 0 Å². The number of hydrogen-bond acceptors (Lipinski definition) is 3. The number of halogens is 2. The minimum Gasteiger partial charge on any atom is -0.296 e. The lowest BCUT2D eigenvalue weighted by atomic mass is 10.3. The molecule has 0 saturated heterocycles. The van der Waals surface area contributed by atoms with Crippen molar-refractivity contribution in [2.24, 2.45) is 0 Å². The number of hydrazine groups is 2. The Labute approximate surface area is 137 Å². The van der Waals surface area contributed by atoms with Crippen LogP contribution in [0.4, 0.5) is 5.69 Å².